The number of carboxylic acids is 1. The van der Waals surface area contributed by atoms with Gasteiger partial charge in [-0.15, -0.1) is 0 Å². The Balaban J connectivity index is 2.18. The number of nitrogens with two attached hydrogens (primary N) is 2. The molecule has 0 saturated carbocycles. The molecular weight excluding hydrogens is 499 g/mol. The van der Waals surface area contributed by atoms with Crippen molar-refractivity contribution < 1.29 is 36.6 Å². The van der Waals surface area contributed by atoms with Gasteiger partial charge in [-0.2, -0.15) is 13.2 Å². The Morgan fingerprint density at radius 3 is 2.32 bits per heavy atom. The zero-order chi connectivity index (χ0) is 27.5. The number of halogens is 5. The molecule has 0 spiro atoms. The van der Waals surface area contributed by atoms with E-state index in [2.05, 4.69) is 4.99 Å². The van der Waals surface area contributed by atoms with Crippen molar-refractivity contribution in [2.75, 3.05) is 5.73 Å². The number of carbonyl (C=O) groups excluding carboxylic acids is 1. The number of Topliss-reactive ketones (excluding diaryl/α,β-unsaturated/α-hetero) is 1. The average molecular weight is 520 g/mol. The molecule has 194 valence electrons. The second-order valence-electron chi connectivity index (χ2n) is 8.04. The normalized spacial score (nSPS) is 12.5. The predicted octanol–water partition coefficient (Wildman–Crippen LogP) is 4.79. The number of aliphatic imine (C=N–C) groups is 1. The number of benzene rings is 3. The monoisotopic (exact) mass is 520 g/mol. The van der Waals surface area contributed by atoms with Gasteiger partial charge in [0.25, 0.3) is 0 Å². The highest BCUT2D eigenvalue weighted by atomic mass is 19.4. The minimum absolute atomic E-state index is 0.209. The molecule has 12 heteroatoms. The number of ketones is 1. The Morgan fingerprint density at radius 2 is 1.76 bits per heavy atom. The van der Waals surface area contributed by atoms with Crippen LogP contribution >= 0.6 is 0 Å². The minimum atomic E-state index is -4.89. The van der Waals surface area contributed by atoms with E-state index in [-0.39, 0.29) is 22.4 Å². The Kier molecular flexibility index (Phi) is 7.92. The summed E-state index contributed by atoms with van der Waals surface area (Å²) in [6.07, 6.45) is -4.82. The van der Waals surface area contributed by atoms with E-state index >= 15 is 4.39 Å². The van der Waals surface area contributed by atoms with Gasteiger partial charge in [-0.05, 0) is 42.7 Å². The number of carboxylic acid groups (broad SMARTS) is 1. The summed E-state index contributed by atoms with van der Waals surface area (Å²) in [5.74, 6) is -2.09. The van der Waals surface area contributed by atoms with Gasteiger partial charge in [0.1, 0.15) is 18.1 Å². The fraction of sp³-hybridized carbons (Fsp3) is 0.160. The van der Waals surface area contributed by atoms with Crippen LogP contribution in [0.4, 0.5) is 33.3 Å². The van der Waals surface area contributed by atoms with Gasteiger partial charge in [0.05, 0.1) is 16.9 Å². The molecule has 0 aliphatic heterocycles. The molecule has 0 fully saturated rings. The molecule has 0 aliphatic rings. The number of nitrogens with zero attached hydrogens (tertiary/aromatic N) is 1. The van der Waals surface area contributed by atoms with Crippen molar-refractivity contribution in [3.05, 3.63) is 82.4 Å². The number of alkyl halides is 3. The predicted molar refractivity (Wildman–Crippen MR) is 127 cm³/mol. The summed E-state index contributed by atoms with van der Waals surface area (Å²) in [5.41, 5.74) is 4.44. The van der Waals surface area contributed by atoms with Crippen LogP contribution in [-0.4, -0.2) is 23.2 Å². The van der Waals surface area contributed by atoms with Crippen molar-refractivity contribution >= 4 is 29.5 Å². The van der Waals surface area contributed by atoms with E-state index in [1.54, 1.807) is 18.2 Å². The van der Waals surface area contributed by atoms with Crippen LogP contribution in [0.25, 0.3) is 11.1 Å². The Bertz CT molecular complexity index is 1380. The maximum Gasteiger partial charge on any atom is 0.416 e. The topological polar surface area (TPSA) is 131 Å². The maximum absolute atomic E-state index is 15.2. The van der Waals surface area contributed by atoms with Crippen LogP contribution in [0.2, 0.25) is 0 Å². The molecule has 0 bridgehead atoms. The van der Waals surface area contributed by atoms with Crippen LogP contribution in [-0.2, 0) is 17.4 Å². The molecule has 0 aromatic heterocycles. The number of hydrogen-bond donors (Lipinski definition) is 4. The molecule has 0 saturated heterocycles. The molecule has 0 aliphatic carbocycles. The lowest BCUT2D eigenvalue weighted by Gasteiger charge is -2.20. The summed E-state index contributed by atoms with van der Waals surface area (Å²) in [6.45, 7) is 1.15. The van der Waals surface area contributed by atoms with Gasteiger partial charge in [0.15, 0.2) is 11.6 Å². The molecule has 0 amide bonds. The largest absolute Gasteiger partial charge is 0.481 e. The van der Waals surface area contributed by atoms with Gasteiger partial charge in [-0.25, -0.2) is 19.6 Å². The maximum atomic E-state index is 15.2. The molecular formula is C25H21F5N4O3. The molecule has 3 aromatic rings. The van der Waals surface area contributed by atoms with Crippen molar-refractivity contribution in [1.29, 1.82) is 0 Å². The molecule has 0 radical (unpaired) electrons. The SMILES string of the molecule is Cc1c(F)c(N)c(CC(C(=O)O)C(=O)c2cc(N=CNN)cc(C(F)(F)F)c2)c(-c2ccccc2)c1F. The first kappa shape index (κ1) is 27.3. The molecule has 3 aromatic carbocycles. The molecule has 7 nitrogen and oxygen atoms in total. The zero-order valence-corrected chi connectivity index (χ0v) is 19.2. The van der Waals surface area contributed by atoms with Crippen molar-refractivity contribution in [1.82, 2.24) is 5.43 Å². The lowest BCUT2D eigenvalue weighted by Crippen LogP contribution is -2.27. The molecule has 37 heavy (non-hydrogen) atoms. The number of hydrogen-bond acceptors (Lipinski definition) is 5. The van der Waals surface area contributed by atoms with Crippen LogP contribution in [0.15, 0.2) is 53.5 Å². The first-order chi connectivity index (χ1) is 17.4. The van der Waals surface area contributed by atoms with Crippen molar-refractivity contribution in [2.45, 2.75) is 19.5 Å². The number of aliphatic carboxylic acids is 1. The van der Waals surface area contributed by atoms with Gasteiger partial charge in [0.2, 0.25) is 0 Å². The van der Waals surface area contributed by atoms with Crippen molar-refractivity contribution in [2.24, 2.45) is 16.8 Å². The number of rotatable bonds is 8. The third-order valence-corrected chi connectivity index (χ3v) is 5.64. The zero-order valence-electron chi connectivity index (χ0n) is 19.2. The lowest BCUT2D eigenvalue weighted by atomic mass is 9.85. The summed E-state index contributed by atoms with van der Waals surface area (Å²) in [6, 6.07) is 9.79. The van der Waals surface area contributed by atoms with Gasteiger partial charge >= 0.3 is 12.1 Å². The molecule has 6 N–H and O–H groups in total. The van der Waals surface area contributed by atoms with E-state index in [9.17, 15) is 32.3 Å². The molecule has 1 atom stereocenters. The fourth-order valence-corrected chi connectivity index (χ4v) is 3.80. The van der Waals surface area contributed by atoms with Crippen molar-refractivity contribution in [3.63, 3.8) is 0 Å². The summed E-state index contributed by atoms with van der Waals surface area (Å²) in [4.78, 5) is 29.0. The van der Waals surface area contributed by atoms with E-state index in [4.69, 9.17) is 11.6 Å². The number of hydrazine groups is 1. The fourth-order valence-electron chi connectivity index (χ4n) is 3.80. The Hall–Kier alpha value is -4.32. The third-order valence-electron chi connectivity index (χ3n) is 5.64. The molecule has 1 unspecified atom stereocenters. The van der Waals surface area contributed by atoms with Crippen LogP contribution in [0.5, 0.6) is 0 Å². The van der Waals surface area contributed by atoms with Crippen LogP contribution in [0, 0.1) is 24.5 Å². The second kappa shape index (κ2) is 10.7. The highest BCUT2D eigenvalue weighted by Crippen LogP contribution is 2.38. The minimum Gasteiger partial charge on any atom is -0.481 e. The first-order valence-electron chi connectivity index (χ1n) is 10.7. The van der Waals surface area contributed by atoms with E-state index in [1.807, 2.05) is 5.43 Å². The number of nitrogens with one attached hydrogen (secondary N) is 1. The number of carbonyl (C=O) groups is 2. The second-order valence-corrected chi connectivity index (χ2v) is 8.04. The van der Waals surface area contributed by atoms with Crippen LogP contribution in [0.3, 0.4) is 0 Å². The van der Waals surface area contributed by atoms with Gasteiger partial charge in [0, 0.05) is 16.7 Å². The number of nitrogen functional groups attached to an aromatic ring is 1. The van der Waals surface area contributed by atoms with Gasteiger partial charge < -0.3 is 16.3 Å². The highest BCUT2D eigenvalue weighted by molar-refractivity contribution is 6.09. The smallest absolute Gasteiger partial charge is 0.416 e. The van der Waals surface area contributed by atoms with E-state index < -0.39 is 64.3 Å². The van der Waals surface area contributed by atoms with E-state index in [0.717, 1.165) is 19.3 Å². The van der Waals surface area contributed by atoms with Crippen LogP contribution in [0.1, 0.15) is 27.0 Å². The number of anilines is 1. The standard InChI is InChI=1S/C25H21F5N4O3/c1-12-20(26)19(13-5-3-2-4-6-13)17(22(31)21(12)27)10-18(24(36)37)23(35)14-7-15(25(28,29)30)9-16(8-14)33-11-34-32/h2-9,11,18H,10,31-32H2,1H3,(H,33,34)(H,36,37). The Labute approximate surface area is 207 Å². The van der Waals surface area contributed by atoms with Crippen molar-refractivity contribution in [3.8, 4) is 11.1 Å². The summed E-state index contributed by atoms with van der Waals surface area (Å²) in [5, 5.41) is 9.82. The quantitative estimate of drug-likeness (QED) is 0.0494. The highest BCUT2D eigenvalue weighted by Gasteiger charge is 2.35. The van der Waals surface area contributed by atoms with E-state index in [0.29, 0.717) is 12.1 Å². The van der Waals surface area contributed by atoms with Gasteiger partial charge in [-0.1, -0.05) is 30.3 Å². The first-order valence-corrected chi connectivity index (χ1v) is 10.7. The van der Waals surface area contributed by atoms with Gasteiger partial charge in [-0.3, -0.25) is 9.59 Å². The Morgan fingerprint density at radius 1 is 1.11 bits per heavy atom. The lowest BCUT2D eigenvalue weighted by molar-refractivity contribution is -0.140. The summed E-state index contributed by atoms with van der Waals surface area (Å²) in [7, 11) is 0. The van der Waals surface area contributed by atoms with E-state index in [1.165, 1.54) is 12.1 Å². The molecule has 3 rings (SSSR count). The molecule has 0 heterocycles. The van der Waals surface area contributed by atoms with Crippen LogP contribution < -0.4 is 17.0 Å². The third kappa shape index (κ3) is 5.75. The summed E-state index contributed by atoms with van der Waals surface area (Å²) < 4.78 is 70.3. The summed E-state index contributed by atoms with van der Waals surface area (Å²) >= 11 is 0. The average Bonchev–Trinajstić information content (AvgIpc) is 2.86.